The monoisotopic (exact) mass is 355 g/mol. The molecule has 1 amide bonds. The second-order valence-corrected chi connectivity index (χ2v) is 7.60. The Morgan fingerprint density at radius 3 is 2.84 bits per heavy atom. The Morgan fingerprint density at radius 2 is 2.08 bits per heavy atom. The maximum atomic E-state index is 12.5. The fraction of sp³-hybridized carbons (Fsp3) is 0.400. The Hall–Kier alpha value is -2.07. The minimum absolute atomic E-state index is 0.107. The molecule has 2 aliphatic rings. The third-order valence-corrected chi connectivity index (χ3v) is 5.44. The Kier molecular flexibility index (Phi) is 4.38. The van der Waals surface area contributed by atoms with Crippen LogP contribution in [0.5, 0.6) is 0 Å². The number of nitrogens with one attached hydrogen (secondary N) is 1. The summed E-state index contributed by atoms with van der Waals surface area (Å²) < 4.78 is 0. The van der Waals surface area contributed by atoms with E-state index in [0.717, 1.165) is 42.2 Å². The molecular formula is C20H22ClN3O. The van der Waals surface area contributed by atoms with Crippen LogP contribution in [0.25, 0.3) is 0 Å². The number of anilines is 1. The van der Waals surface area contributed by atoms with E-state index in [0.29, 0.717) is 5.92 Å². The summed E-state index contributed by atoms with van der Waals surface area (Å²) >= 11 is 5.93. The number of rotatable bonds is 4. The normalized spacial score (nSPS) is 25.0. The molecular weight excluding hydrogens is 334 g/mol. The van der Waals surface area contributed by atoms with E-state index in [2.05, 4.69) is 28.2 Å². The zero-order valence-corrected chi connectivity index (χ0v) is 15.0. The highest BCUT2D eigenvalue weighted by atomic mass is 35.5. The first kappa shape index (κ1) is 16.4. The van der Waals surface area contributed by atoms with E-state index in [1.807, 2.05) is 36.7 Å². The van der Waals surface area contributed by atoms with Crippen molar-refractivity contribution < 1.29 is 4.79 Å². The summed E-state index contributed by atoms with van der Waals surface area (Å²) in [6.45, 7) is 3.87. The number of aryl methyl sites for hydroxylation is 1. The van der Waals surface area contributed by atoms with Crippen molar-refractivity contribution in [3.8, 4) is 0 Å². The van der Waals surface area contributed by atoms with Crippen molar-refractivity contribution in [2.24, 2.45) is 5.92 Å². The van der Waals surface area contributed by atoms with Crippen LogP contribution in [0.2, 0.25) is 5.02 Å². The second-order valence-electron chi connectivity index (χ2n) is 7.16. The van der Waals surface area contributed by atoms with Crippen LogP contribution < -0.4 is 10.2 Å². The number of carbonyl (C=O) groups excluding carboxylic acids is 1. The average molecular weight is 356 g/mol. The van der Waals surface area contributed by atoms with Crippen LogP contribution in [0.1, 0.15) is 29.9 Å². The third-order valence-electron chi connectivity index (χ3n) is 5.19. The lowest BCUT2D eigenvalue weighted by atomic mass is 10.1. The number of hydrogen-bond acceptors (Lipinski definition) is 3. The van der Waals surface area contributed by atoms with Crippen molar-refractivity contribution in [2.45, 2.75) is 31.7 Å². The van der Waals surface area contributed by atoms with Crippen molar-refractivity contribution in [1.29, 1.82) is 0 Å². The Morgan fingerprint density at radius 1 is 1.28 bits per heavy atom. The topological polar surface area (TPSA) is 45.2 Å². The predicted molar refractivity (Wildman–Crippen MR) is 100 cm³/mol. The molecule has 25 heavy (non-hydrogen) atoms. The van der Waals surface area contributed by atoms with Crippen molar-refractivity contribution in [1.82, 2.24) is 10.3 Å². The molecule has 0 spiro atoms. The van der Waals surface area contributed by atoms with Gasteiger partial charge in [0.2, 0.25) is 5.91 Å². The van der Waals surface area contributed by atoms with Crippen molar-refractivity contribution in [2.75, 3.05) is 18.0 Å². The maximum Gasteiger partial charge on any atom is 0.224 e. The summed E-state index contributed by atoms with van der Waals surface area (Å²) in [7, 11) is 0. The molecule has 4 rings (SSSR count). The van der Waals surface area contributed by atoms with Crippen molar-refractivity contribution in [3.63, 3.8) is 0 Å². The molecule has 1 aliphatic carbocycles. The molecule has 5 heteroatoms. The third kappa shape index (κ3) is 3.64. The molecule has 1 aliphatic heterocycles. The van der Waals surface area contributed by atoms with E-state index in [4.69, 9.17) is 11.6 Å². The van der Waals surface area contributed by atoms with Crippen LogP contribution in [-0.2, 0) is 4.79 Å². The summed E-state index contributed by atoms with van der Waals surface area (Å²) in [6, 6.07) is 10.2. The molecule has 0 bridgehead atoms. The lowest BCUT2D eigenvalue weighted by Crippen LogP contribution is -2.38. The van der Waals surface area contributed by atoms with Gasteiger partial charge in [-0.1, -0.05) is 23.7 Å². The van der Waals surface area contributed by atoms with Gasteiger partial charge in [-0.3, -0.25) is 9.78 Å². The molecule has 1 N–H and O–H groups in total. The summed E-state index contributed by atoms with van der Waals surface area (Å²) in [5.41, 5.74) is 3.51. The van der Waals surface area contributed by atoms with E-state index in [1.54, 1.807) is 0 Å². The largest absolute Gasteiger partial charge is 0.368 e. The molecule has 2 unspecified atom stereocenters. The van der Waals surface area contributed by atoms with Gasteiger partial charge in [-0.2, -0.15) is 0 Å². The van der Waals surface area contributed by atoms with E-state index in [9.17, 15) is 4.79 Å². The molecule has 2 fully saturated rings. The van der Waals surface area contributed by atoms with E-state index >= 15 is 0 Å². The molecule has 4 nitrogen and oxygen atoms in total. The van der Waals surface area contributed by atoms with Gasteiger partial charge in [0.1, 0.15) is 0 Å². The highest BCUT2D eigenvalue weighted by Crippen LogP contribution is 2.47. The number of benzene rings is 1. The van der Waals surface area contributed by atoms with Gasteiger partial charge in [-0.25, -0.2) is 0 Å². The minimum Gasteiger partial charge on any atom is -0.368 e. The van der Waals surface area contributed by atoms with Crippen LogP contribution in [0.3, 0.4) is 0 Å². The van der Waals surface area contributed by atoms with Gasteiger partial charge in [0, 0.05) is 36.3 Å². The summed E-state index contributed by atoms with van der Waals surface area (Å²) in [5.74, 6) is 0.640. The Labute approximate surface area is 153 Å². The van der Waals surface area contributed by atoms with Gasteiger partial charge < -0.3 is 10.2 Å². The van der Waals surface area contributed by atoms with E-state index < -0.39 is 0 Å². The number of aromatic nitrogens is 1. The van der Waals surface area contributed by atoms with Crippen LogP contribution in [0, 0.1) is 12.8 Å². The van der Waals surface area contributed by atoms with Crippen LogP contribution >= 0.6 is 11.6 Å². The number of amides is 1. The molecule has 1 aromatic heterocycles. The molecule has 1 saturated heterocycles. The van der Waals surface area contributed by atoms with Crippen LogP contribution in [0.4, 0.5) is 5.69 Å². The molecule has 1 aromatic carbocycles. The van der Waals surface area contributed by atoms with Gasteiger partial charge >= 0.3 is 0 Å². The standard InChI is InChI=1S/C20H22ClN3O/c1-13-8-17(11-22-10-13)24-7-6-16(12-24)23-20(25)19-9-18(19)14-2-4-15(21)5-3-14/h2-5,8,10-11,16,18-19H,6-7,9,12H2,1H3,(H,23,25)/t16-,18?,19?/m1/s1. The average Bonchev–Trinajstić information content (AvgIpc) is 3.27. The quantitative estimate of drug-likeness (QED) is 0.912. The fourth-order valence-electron chi connectivity index (χ4n) is 3.70. The highest BCUT2D eigenvalue weighted by Gasteiger charge is 2.44. The van der Waals surface area contributed by atoms with E-state index in [-0.39, 0.29) is 17.9 Å². The first-order chi connectivity index (χ1) is 12.1. The zero-order valence-electron chi connectivity index (χ0n) is 14.3. The number of carbonyl (C=O) groups is 1. The smallest absolute Gasteiger partial charge is 0.224 e. The van der Waals surface area contributed by atoms with Gasteiger partial charge in [0.05, 0.1) is 11.9 Å². The maximum absolute atomic E-state index is 12.5. The fourth-order valence-corrected chi connectivity index (χ4v) is 3.82. The molecule has 2 aromatic rings. The molecule has 0 radical (unpaired) electrons. The summed E-state index contributed by atoms with van der Waals surface area (Å²) in [4.78, 5) is 19.1. The molecule has 1 saturated carbocycles. The summed E-state index contributed by atoms with van der Waals surface area (Å²) in [5, 5.41) is 3.98. The van der Waals surface area contributed by atoms with Crippen LogP contribution in [0.15, 0.2) is 42.7 Å². The number of halogens is 1. The highest BCUT2D eigenvalue weighted by molar-refractivity contribution is 6.30. The predicted octanol–water partition coefficient (Wildman–Crippen LogP) is 3.54. The van der Waals surface area contributed by atoms with Gasteiger partial charge in [0.15, 0.2) is 0 Å². The molecule has 3 atom stereocenters. The Bertz CT molecular complexity index is 777. The molecule has 130 valence electrons. The first-order valence-electron chi connectivity index (χ1n) is 8.82. The number of pyridine rings is 1. The SMILES string of the molecule is Cc1cncc(N2CC[C@@H](NC(=O)C3CC3c3ccc(Cl)cc3)C2)c1. The number of nitrogens with zero attached hydrogens (tertiary/aromatic N) is 2. The van der Waals surface area contributed by atoms with Crippen molar-refractivity contribution >= 4 is 23.2 Å². The lowest BCUT2D eigenvalue weighted by molar-refractivity contribution is -0.123. The van der Waals surface area contributed by atoms with Crippen molar-refractivity contribution in [3.05, 3.63) is 58.9 Å². The van der Waals surface area contributed by atoms with Gasteiger partial charge in [0.25, 0.3) is 0 Å². The molecule has 2 heterocycles. The van der Waals surface area contributed by atoms with Crippen LogP contribution in [-0.4, -0.2) is 30.0 Å². The minimum atomic E-state index is 0.107. The zero-order chi connectivity index (χ0) is 17.4. The van der Waals surface area contributed by atoms with Gasteiger partial charge in [-0.05, 0) is 55.0 Å². The number of hydrogen-bond donors (Lipinski definition) is 1. The second kappa shape index (κ2) is 6.68. The van der Waals surface area contributed by atoms with E-state index in [1.165, 1.54) is 5.56 Å². The lowest BCUT2D eigenvalue weighted by Gasteiger charge is -2.19. The van der Waals surface area contributed by atoms with Gasteiger partial charge in [-0.15, -0.1) is 0 Å². The Balaban J connectivity index is 1.31. The summed E-state index contributed by atoms with van der Waals surface area (Å²) in [6.07, 6.45) is 5.68. The first-order valence-corrected chi connectivity index (χ1v) is 9.20.